The summed E-state index contributed by atoms with van der Waals surface area (Å²) in [5, 5.41) is 2.74. The van der Waals surface area contributed by atoms with Crippen molar-refractivity contribution in [3.8, 4) is 0 Å². The Bertz CT molecular complexity index is 1230. The first-order chi connectivity index (χ1) is 16.0. The molecule has 0 saturated heterocycles. The van der Waals surface area contributed by atoms with Gasteiger partial charge in [0.15, 0.2) is 0 Å². The van der Waals surface area contributed by atoms with Crippen LogP contribution in [-0.4, -0.2) is 20.9 Å². The van der Waals surface area contributed by atoms with Crippen molar-refractivity contribution < 1.29 is 26.4 Å². The summed E-state index contributed by atoms with van der Waals surface area (Å²) in [7, 11) is -4.32. The third kappa shape index (κ3) is 5.96. The van der Waals surface area contributed by atoms with Crippen molar-refractivity contribution >= 4 is 21.6 Å². The first-order valence-electron chi connectivity index (χ1n) is 10.7. The van der Waals surface area contributed by atoms with Crippen LogP contribution in [0.5, 0.6) is 0 Å². The van der Waals surface area contributed by atoms with Gasteiger partial charge in [-0.1, -0.05) is 55.5 Å². The molecule has 1 unspecified atom stereocenters. The molecule has 5 nitrogen and oxygen atoms in total. The molecule has 1 atom stereocenters. The highest BCUT2D eigenvalue weighted by atomic mass is 32.2. The van der Waals surface area contributed by atoms with Gasteiger partial charge in [-0.25, -0.2) is 8.42 Å². The minimum absolute atomic E-state index is 0.136. The van der Waals surface area contributed by atoms with Crippen LogP contribution in [0.2, 0.25) is 0 Å². The number of amides is 1. The number of benzene rings is 3. The van der Waals surface area contributed by atoms with E-state index in [2.05, 4.69) is 5.32 Å². The molecule has 0 saturated carbocycles. The Labute approximate surface area is 197 Å². The number of halogens is 3. The lowest BCUT2D eigenvalue weighted by Crippen LogP contribution is -2.41. The molecule has 0 aliphatic rings. The standard InChI is InChI=1S/C25H25F3N2O3S/c1-3-19-12-14-20(15-13-19)18(2)29-24(31)17-30(34(32,33)23-10-5-4-6-11-23)22-9-7-8-21(16-22)25(26,27)28/h4-16,18H,3,17H2,1-2H3,(H,29,31). The van der Waals surface area contributed by atoms with Crippen molar-refractivity contribution in [3.63, 3.8) is 0 Å². The van der Waals surface area contributed by atoms with Crippen LogP contribution in [0, 0.1) is 0 Å². The van der Waals surface area contributed by atoms with E-state index in [0.29, 0.717) is 4.31 Å². The summed E-state index contributed by atoms with van der Waals surface area (Å²) >= 11 is 0. The van der Waals surface area contributed by atoms with Crippen LogP contribution in [0.15, 0.2) is 83.8 Å². The quantitative estimate of drug-likeness (QED) is 0.464. The van der Waals surface area contributed by atoms with Gasteiger partial charge in [0.05, 0.1) is 22.2 Å². The lowest BCUT2D eigenvalue weighted by atomic mass is 10.1. The first kappa shape index (κ1) is 25.3. The van der Waals surface area contributed by atoms with Crippen molar-refractivity contribution in [2.24, 2.45) is 0 Å². The average molecular weight is 491 g/mol. The van der Waals surface area contributed by atoms with E-state index in [1.54, 1.807) is 13.0 Å². The first-order valence-corrected chi connectivity index (χ1v) is 12.1. The van der Waals surface area contributed by atoms with Gasteiger partial charge in [-0.15, -0.1) is 0 Å². The van der Waals surface area contributed by atoms with Crippen LogP contribution < -0.4 is 9.62 Å². The number of alkyl halides is 3. The summed E-state index contributed by atoms with van der Waals surface area (Å²) in [5.74, 6) is -0.649. The molecular formula is C25H25F3N2O3S. The second-order valence-corrected chi connectivity index (χ2v) is 9.62. The molecule has 180 valence electrons. The molecule has 0 spiro atoms. The number of carbonyl (C=O) groups is 1. The number of hydrogen-bond acceptors (Lipinski definition) is 3. The van der Waals surface area contributed by atoms with E-state index >= 15 is 0 Å². The van der Waals surface area contributed by atoms with Crippen molar-refractivity contribution in [1.82, 2.24) is 5.32 Å². The molecule has 0 bridgehead atoms. The number of sulfonamides is 1. The SMILES string of the molecule is CCc1ccc(C(C)NC(=O)CN(c2cccc(C(F)(F)F)c2)S(=O)(=O)c2ccccc2)cc1. The van der Waals surface area contributed by atoms with Gasteiger partial charge >= 0.3 is 6.18 Å². The van der Waals surface area contributed by atoms with E-state index in [4.69, 9.17) is 0 Å². The smallest absolute Gasteiger partial charge is 0.348 e. The third-order valence-electron chi connectivity index (χ3n) is 5.35. The molecule has 3 aromatic rings. The van der Waals surface area contributed by atoms with Gasteiger partial charge < -0.3 is 5.32 Å². The number of anilines is 1. The molecule has 3 rings (SSSR count). The number of nitrogens with zero attached hydrogens (tertiary/aromatic N) is 1. The molecule has 0 aromatic heterocycles. The normalized spacial score (nSPS) is 12.7. The Morgan fingerprint density at radius 2 is 1.62 bits per heavy atom. The van der Waals surface area contributed by atoms with Crippen LogP contribution in [0.4, 0.5) is 18.9 Å². The predicted octanol–water partition coefficient (Wildman–Crippen LogP) is 5.34. The van der Waals surface area contributed by atoms with Crippen LogP contribution in [0.25, 0.3) is 0 Å². The largest absolute Gasteiger partial charge is 0.416 e. The summed E-state index contributed by atoms with van der Waals surface area (Å²) < 4.78 is 67.2. The topological polar surface area (TPSA) is 66.5 Å². The molecule has 9 heteroatoms. The summed E-state index contributed by atoms with van der Waals surface area (Å²) in [6, 6.07) is 18.4. The second kappa shape index (κ2) is 10.3. The molecule has 0 fully saturated rings. The zero-order chi connectivity index (χ0) is 24.9. The Kier molecular flexibility index (Phi) is 7.66. The molecule has 0 aliphatic carbocycles. The molecular weight excluding hydrogens is 465 g/mol. The Balaban J connectivity index is 1.92. The van der Waals surface area contributed by atoms with Crippen LogP contribution in [0.3, 0.4) is 0 Å². The lowest BCUT2D eigenvalue weighted by Gasteiger charge is -2.26. The summed E-state index contributed by atoms with van der Waals surface area (Å²) in [5.41, 5.74) is 0.686. The Morgan fingerprint density at radius 3 is 2.21 bits per heavy atom. The molecule has 3 aromatic carbocycles. The molecule has 1 N–H and O–H groups in total. The van der Waals surface area contributed by atoms with Crippen LogP contribution in [-0.2, 0) is 27.4 Å². The van der Waals surface area contributed by atoms with Gasteiger partial charge in [0.1, 0.15) is 6.54 Å². The van der Waals surface area contributed by atoms with E-state index in [1.807, 2.05) is 31.2 Å². The lowest BCUT2D eigenvalue weighted by molar-refractivity contribution is -0.137. The minimum atomic E-state index is -4.67. The van der Waals surface area contributed by atoms with Crippen LogP contribution >= 0.6 is 0 Å². The maximum absolute atomic E-state index is 13.3. The van der Waals surface area contributed by atoms with Crippen molar-refractivity contribution in [1.29, 1.82) is 0 Å². The fourth-order valence-electron chi connectivity index (χ4n) is 3.42. The number of aryl methyl sites for hydroxylation is 1. The van der Waals surface area contributed by atoms with Gasteiger partial charge in [-0.2, -0.15) is 13.2 Å². The van der Waals surface area contributed by atoms with Crippen molar-refractivity contribution in [3.05, 3.63) is 95.6 Å². The van der Waals surface area contributed by atoms with Crippen molar-refractivity contribution in [2.45, 2.75) is 37.4 Å². The molecule has 34 heavy (non-hydrogen) atoms. The summed E-state index contributed by atoms with van der Waals surface area (Å²) in [6.45, 7) is 3.09. The minimum Gasteiger partial charge on any atom is -0.348 e. The van der Waals surface area contributed by atoms with Gasteiger partial charge in [-0.05, 0) is 54.8 Å². The van der Waals surface area contributed by atoms with E-state index in [1.165, 1.54) is 30.3 Å². The molecule has 1 amide bonds. The summed E-state index contributed by atoms with van der Waals surface area (Å²) in [6.07, 6.45) is -3.80. The highest BCUT2D eigenvalue weighted by Gasteiger charge is 2.33. The zero-order valence-corrected chi connectivity index (χ0v) is 19.5. The number of nitrogens with one attached hydrogen (secondary N) is 1. The average Bonchev–Trinajstić information content (AvgIpc) is 2.82. The highest BCUT2D eigenvalue weighted by molar-refractivity contribution is 7.92. The number of carbonyl (C=O) groups excluding carboxylic acids is 1. The van der Waals surface area contributed by atoms with E-state index < -0.39 is 40.3 Å². The Morgan fingerprint density at radius 1 is 0.971 bits per heavy atom. The van der Waals surface area contributed by atoms with Gasteiger partial charge in [0, 0.05) is 0 Å². The summed E-state index contributed by atoms with van der Waals surface area (Å²) in [4.78, 5) is 12.7. The van der Waals surface area contributed by atoms with Gasteiger partial charge in [0.2, 0.25) is 5.91 Å². The predicted molar refractivity (Wildman–Crippen MR) is 125 cm³/mol. The van der Waals surface area contributed by atoms with E-state index in [-0.39, 0.29) is 10.6 Å². The molecule has 0 radical (unpaired) electrons. The fourth-order valence-corrected chi connectivity index (χ4v) is 4.85. The van der Waals surface area contributed by atoms with Crippen molar-refractivity contribution in [2.75, 3.05) is 10.8 Å². The fraction of sp³-hybridized carbons (Fsp3) is 0.240. The van der Waals surface area contributed by atoms with Crippen LogP contribution in [0.1, 0.15) is 36.6 Å². The second-order valence-electron chi connectivity index (χ2n) is 7.76. The number of hydrogen-bond donors (Lipinski definition) is 1. The Hall–Kier alpha value is -3.33. The van der Waals surface area contributed by atoms with Gasteiger partial charge in [0.25, 0.3) is 10.0 Å². The molecule has 0 aliphatic heterocycles. The van der Waals surface area contributed by atoms with E-state index in [0.717, 1.165) is 35.7 Å². The maximum atomic E-state index is 13.3. The monoisotopic (exact) mass is 490 g/mol. The van der Waals surface area contributed by atoms with E-state index in [9.17, 15) is 26.4 Å². The zero-order valence-electron chi connectivity index (χ0n) is 18.7. The maximum Gasteiger partial charge on any atom is 0.416 e. The molecule has 0 heterocycles. The highest BCUT2D eigenvalue weighted by Crippen LogP contribution is 2.33. The number of rotatable bonds is 8. The third-order valence-corrected chi connectivity index (χ3v) is 7.13. The van der Waals surface area contributed by atoms with Gasteiger partial charge in [-0.3, -0.25) is 9.10 Å².